The van der Waals surface area contributed by atoms with Crippen LogP contribution in [-0.2, 0) is 17.8 Å². The number of carboxylic acids is 1. The number of aliphatic carboxylic acids is 1. The smallest absolute Gasteiger partial charge is 0.303 e. The van der Waals surface area contributed by atoms with Gasteiger partial charge >= 0.3 is 5.97 Å². The van der Waals surface area contributed by atoms with Crippen LogP contribution in [0.15, 0.2) is 60.0 Å². The molecule has 0 amide bonds. The number of rotatable bonds is 8. The standard InChI is InChI=1S/C25H23NO4S/c1-16-20(9-11-24(26-16)29-2)22-15-31-23-10-5-18(13-21(22)23)14-30-19-7-3-17(4-8-19)6-12-25(27)28/h3-5,7-11,13,15H,6,12,14H2,1-2H3,(H,27,28). The van der Waals surface area contributed by atoms with E-state index in [0.29, 0.717) is 18.9 Å². The number of ether oxygens (including phenoxy) is 2. The van der Waals surface area contributed by atoms with Gasteiger partial charge in [0.25, 0.3) is 0 Å². The molecule has 4 aromatic rings. The lowest BCUT2D eigenvalue weighted by Gasteiger charge is -2.09. The molecule has 0 radical (unpaired) electrons. The minimum absolute atomic E-state index is 0.131. The quantitative estimate of drug-likeness (QED) is 0.376. The van der Waals surface area contributed by atoms with E-state index in [1.807, 2.05) is 37.3 Å². The molecule has 2 aromatic heterocycles. The molecule has 31 heavy (non-hydrogen) atoms. The summed E-state index contributed by atoms with van der Waals surface area (Å²) in [6.07, 6.45) is 0.652. The molecule has 0 saturated heterocycles. The number of pyridine rings is 1. The maximum Gasteiger partial charge on any atom is 0.303 e. The Hall–Kier alpha value is -3.38. The molecule has 0 fully saturated rings. The van der Waals surface area contributed by atoms with Crippen molar-refractivity contribution in [2.45, 2.75) is 26.4 Å². The predicted octanol–water partition coefficient (Wildman–Crippen LogP) is 5.88. The molecule has 0 spiro atoms. The summed E-state index contributed by atoms with van der Waals surface area (Å²) in [5.74, 6) is 0.591. The fraction of sp³-hybridized carbons (Fsp3) is 0.200. The third-order valence-corrected chi connectivity index (χ3v) is 6.12. The molecule has 1 N–H and O–H groups in total. The summed E-state index contributed by atoms with van der Waals surface area (Å²) >= 11 is 1.72. The summed E-state index contributed by atoms with van der Waals surface area (Å²) in [6.45, 7) is 2.45. The highest BCUT2D eigenvalue weighted by molar-refractivity contribution is 7.17. The molecule has 0 saturated carbocycles. The van der Waals surface area contributed by atoms with Gasteiger partial charge in [0, 0.05) is 39.4 Å². The number of hydrogen-bond acceptors (Lipinski definition) is 5. The molecule has 158 valence electrons. The van der Waals surface area contributed by atoms with Crippen LogP contribution in [0.5, 0.6) is 11.6 Å². The number of aromatic nitrogens is 1. The van der Waals surface area contributed by atoms with Crippen molar-refractivity contribution in [3.05, 3.63) is 76.8 Å². The second-order valence-corrected chi connectivity index (χ2v) is 8.20. The van der Waals surface area contributed by atoms with Gasteiger partial charge < -0.3 is 14.6 Å². The van der Waals surface area contributed by atoms with Crippen molar-refractivity contribution in [2.24, 2.45) is 0 Å². The highest BCUT2D eigenvalue weighted by atomic mass is 32.1. The number of carbonyl (C=O) groups is 1. The van der Waals surface area contributed by atoms with E-state index in [-0.39, 0.29) is 6.42 Å². The van der Waals surface area contributed by atoms with Gasteiger partial charge in [-0.05, 0) is 60.2 Å². The zero-order valence-electron chi connectivity index (χ0n) is 17.4. The zero-order chi connectivity index (χ0) is 21.8. The van der Waals surface area contributed by atoms with Crippen LogP contribution in [0.1, 0.15) is 23.2 Å². The van der Waals surface area contributed by atoms with Crippen LogP contribution in [0, 0.1) is 6.92 Å². The first-order valence-electron chi connectivity index (χ1n) is 9.99. The summed E-state index contributed by atoms with van der Waals surface area (Å²) in [5, 5.41) is 12.2. The number of thiophene rings is 1. The van der Waals surface area contributed by atoms with Gasteiger partial charge in [-0.2, -0.15) is 0 Å². The van der Waals surface area contributed by atoms with Crippen molar-refractivity contribution in [3.8, 4) is 22.8 Å². The fourth-order valence-electron chi connectivity index (χ4n) is 3.48. The highest BCUT2D eigenvalue weighted by Crippen LogP contribution is 2.36. The molecule has 0 aliphatic carbocycles. The normalized spacial score (nSPS) is 10.9. The Morgan fingerprint density at radius 1 is 1.03 bits per heavy atom. The third-order valence-electron chi connectivity index (χ3n) is 5.15. The van der Waals surface area contributed by atoms with E-state index in [0.717, 1.165) is 33.7 Å². The summed E-state index contributed by atoms with van der Waals surface area (Å²) in [4.78, 5) is 15.2. The van der Waals surface area contributed by atoms with Crippen LogP contribution in [0.25, 0.3) is 21.2 Å². The number of aryl methyl sites for hydroxylation is 2. The van der Waals surface area contributed by atoms with Gasteiger partial charge in [-0.15, -0.1) is 11.3 Å². The van der Waals surface area contributed by atoms with Crippen molar-refractivity contribution < 1.29 is 19.4 Å². The Balaban J connectivity index is 1.51. The minimum Gasteiger partial charge on any atom is -0.489 e. The van der Waals surface area contributed by atoms with Crippen molar-refractivity contribution >= 4 is 27.4 Å². The van der Waals surface area contributed by atoms with E-state index in [9.17, 15) is 4.79 Å². The van der Waals surface area contributed by atoms with Gasteiger partial charge in [0.2, 0.25) is 5.88 Å². The molecule has 0 unspecified atom stereocenters. The van der Waals surface area contributed by atoms with Gasteiger partial charge in [0.05, 0.1) is 7.11 Å². The Bertz CT molecular complexity index is 1210. The van der Waals surface area contributed by atoms with Gasteiger partial charge in [-0.3, -0.25) is 4.79 Å². The highest BCUT2D eigenvalue weighted by Gasteiger charge is 2.11. The Labute approximate surface area is 184 Å². The molecule has 0 atom stereocenters. The van der Waals surface area contributed by atoms with Gasteiger partial charge in [0.15, 0.2) is 0 Å². The van der Waals surface area contributed by atoms with Crippen molar-refractivity contribution in [2.75, 3.05) is 7.11 Å². The number of carboxylic acid groups (broad SMARTS) is 1. The van der Waals surface area contributed by atoms with E-state index in [1.165, 1.54) is 10.1 Å². The maximum atomic E-state index is 10.7. The molecular formula is C25H23NO4S. The lowest BCUT2D eigenvalue weighted by atomic mass is 10.0. The molecule has 5 nitrogen and oxygen atoms in total. The third kappa shape index (κ3) is 4.86. The lowest BCUT2D eigenvalue weighted by Crippen LogP contribution is -1.98. The SMILES string of the molecule is COc1ccc(-c2csc3ccc(COc4ccc(CCC(=O)O)cc4)cc23)c(C)n1. The monoisotopic (exact) mass is 433 g/mol. The Kier molecular flexibility index (Phi) is 6.18. The average Bonchev–Trinajstić information content (AvgIpc) is 3.20. The van der Waals surface area contributed by atoms with Crippen LogP contribution in [0.3, 0.4) is 0 Å². The lowest BCUT2D eigenvalue weighted by molar-refractivity contribution is -0.136. The van der Waals surface area contributed by atoms with E-state index in [1.54, 1.807) is 18.4 Å². The van der Waals surface area contributed by atoms with Crippen molar-refractivity contribution in [1.29, 1.82) is 0 Å². The van der Waals surface area contributed by atoms with Gasteiger partial charge in [-0.25, -0.2) is 4.98 Å². The van der Waals surface area contributed by atoms with E-state index >= 15 is 0 Å². The van der Waals surface area contributed by atoms with Crippen LogP contribution in [0.2, 0.25) is 0 Å². The second-order valence-electron chi connectivity index (χ2n) is 7.29. The van der Waals surface area contributed by atoms with E-state index in [4.69, 9.17) is 14.6 Å². The number of hydrogen-bond donors (Lipinski definition) is 1. The van der Waals surface area contributed by atoms with Crippen LogP contribution >= 0.6 is 11.3 Å². The summed E-state index contributed by atoms with van der Waals surface area (Å²) in [6, 6.07) is 17.9. The topological polar surface area (TPSA) is 68.7 Å². The number of fused-ring (bicyclic) bond motifs is 1. The molecule has 0 bridgehead atoms. The minimum atomic E-state index is -0.788. The summed E-state index contributed by atoms with van der Waals surface area (Å²) < 4.78 is 12.4. The maximum absolute atomic E-state index is 10.7. The first-order chi connectivity index (χ1) is 15.0. The van der Waals surface area contributed by atoms with E-state index < -0.39 is 5.97 Å². The summed E-state index contributed by atoms with van der Waals surface area (Å²) in [5.41, 5.74) is 5.27. The van der Waals surface area contributed by atoms with Gasteiger partial charge in [-0.1, -0.05) is 18.2 Å². The van der Waals surface area contributed by atoms with E-state index in [2.05, 4.69) is 34.6 Å². The molecule has 2 aromatic carbocycles. The molecule has 0 aliphatic rings. The molecule has 0 aliphatic heterocycles. The first kappa shape index (κ1) is 20.9. The van der Waals surface area contributed by atoms with Crippen LogP contribution in [-0.4, -0.2) is 23.2 Å². The second kappa shape index (κ2) is 9.18. The zero-order valence-corrected chi connectivity index (χ0v) is 18.2. The number of benzene rings is 2. The average molecular weight is 434 g/mol. The van der Waals surface area contributed by atoms with Crippen molar-refractivity contribution in [1.82, 2.24) is 4.98 Å². The predicted molar refractivity (Wildman–Crippen MR) is 123 cm³/mol. The molecule has 6 heteroatoms. The first-order valence-corrected chi connectivity index (χ1v) is 10.9. The molecular weight excluding hydrogens is 410 g/mol. The Morgan fingerprint density at radius 2 is 1.81 bits per heavy atom. The molecule has 2 heterocycles. The number of nitrogens with zero attached hydrogens (tertiary/aromatic N) is 1. The number of methoxy groups -OCH3 is 1. The fourth-order valence-corrected chi connectivity index (χ4v) is 4.42. The largest absolute Gasteiger partial charge is 0.489 e. The van der Waals surface area contributed by atoms with Gasteiger partial charge in [0.1, 0.15) is 12.4 Å². The van der Waals surface area contributed by atoms with Crippen LogP contribution < -0.4 is 9.47 Å². The van der Waals surface area contributed by atoms with Crippen molar-refractivity contribution in [3.63, 3.8) is 0 Å². The Morgan fingerprint density at radius 3 is 2.52 bits per heavy atom. The molecule has 4 rings (SSSR count). The van der Waals surface area contributed by atoms with Crippen LogP contribution in [0.4, 0.5) is 0 Å². The summed E-state index contributed by atoms with van der Waals surface area (Å²) in [7, 11) is 1.62.